The van der Waals surface area contributed by atoms with Crippen LogP contribution in [0.2, 0.25) is 0 Å². The molecule has 1 amide bonds. The van der Waals surface area contributed by atoms with Crippen molar-refractivity contribution in [2.75, 3.05) is 6.54 Å². The topological polar surface area (TPSA) is 86.1 Å². The summed E-state index contributed by atoms with van der Waals surface area (Å²) in [6.07, 6.45) is -0.929. The second kappa shape index (κ2) is 8.27. The number of rotatable bonds is 6. The van der Waals surface area contributed by atoms with Crippen molar-refractivity contribution in [2.24, 2.45) is 0 Å². The van der Waals surface area contributed by atoms with Gasteiger partial charge in [0.25, 0.3) is 11.7 Å². The Hall–Kier alpha value is -3.48. The van der Waals surface area contributed by atoms with E-state index in [1.54, 1.807) is 11.6 Å². The zero-order valence-corrected chi connectivity index (χ0v) is 15.1. The summed E-state index contributed by atoms with van der Waals surface area (Å²) in [6.45, 7) is 3.76. The Kier molecular flexibility index (Phi) is 5.61. The molecule has 0 spiro atoms. The minimum Gasteiger partial charge on any atom is -0.447 e. The molecule has 7 nitrogen and oxygen atoms in total. The SMILES string of the molecule is CCNC(=O)C(C)OC(=O)c1nc(-c2ccccc2)n(-c2ccccc2)n1. The summed E-state index contributed by atoms with van der Waals surface area (Å²) in [6, 6.07) is 18.8. The van der Waals surface area contributed by atoms with Crippen molar-refractivity contribution < 1.29 is 14.3 Å². The Bertz CT molecular complexity index is 866. The van der Waals surface area contributed by atoms with Gasteiger partial charge in [-0.25, -0.2) is 14.5 Å². The summed E-state index contributed by atoms with van der Waals surface area (Å²) in [5, 5.41) is 6.92. The van der Waals surface area contributed by atoms with Gasteiger partial charge < -0.3 is 10.1 Å². The Balaban J connectivity index is 1.94. The first-order valence-electron chi connectivity index (χ1n) is 8.66. The van der Waals surface area contributed by atoms with E-state index in [0.29, 0.717) is 12.4 Å². The lowest BCUT2D eigenvalue weighted by atomic mass is 10.2. The highest BCUT2D eigenvalue weighted by Crippen LogP contribution is 2.21. The Morgan fingerprint density at radius 3 is 2.33 bits per heavy atom. The normalized spacial score (nSPS) is 11.6. The quantitative estimate of drug-likeness (QED) is 0.680. The van der Waals surface area contributed by atoms with E-state index in [1.807, 2.05) is 60.7 Å². The van der Waals surface area contributed by atoms with Crippen molar-refractivity contribution in [1.82, 2.24) is 20.1 Å². The molecule has 1 atom stereocenters. The number of carbonyl (C=O) groups is 2. The van der Waals surface area contributed by atoms with Crippen LogP contribution in [0.25, 0.3) is 17.1 Å². The van der Waals surface area contributed by atoms with Crippen LogP contribution in [0.3, 0.4) is 0 Å². The van der Waals surface area contributed by atoms with Crippen LogP contribution < -0.4 is 5.32 Å². The van der Waals surface area contributed by atoms with Crippen molar-refractivity contribution in [1.29, 1.82) is 0 Å². The molecule has 27 heavy (non-hydrogen) atoms. The van der Waals surface area contributed by atoms with Gasteiger partial charge in [0.1, 0.15) is 0 Å². The van der Waals surface area contributed by atoms with Crippen molar-refractivity contribution in [3.05, 3.63) is 66.5 Å². The zero-order chi connectivity index (χ0) is 19.2. The van der Waals surface area contributed by atoms with Gasteiger partial charge in [-0.15, -0.1) is 5.10 Å². The maximum absolute atomic E-state index is 12.5. The number of benzene rings is 2. The van der Waals surface area contributed by atoms with Gasteiger partial charge in [-0.2, -0.15) is 0 Å². The monoisotopic (exact) mass is 364 g/mol. The molecule has 1 N–H and O–H groups in total. The minimum absolute atomic E-state index is 0.103. The molecule has 2 aromatic carbocycles. The van der Waals surface area contributed by atoms with Crippen LogP contribution >= 0.6 is 0 Å². The van der Waals surface area contributed by atoms with Crippen molar-refractivity contribution >= 4 is 11.9 Å². The predicted molar refractivity (Wildman–Crippen MR) is 100 cm³/mol. The van der Waals surface area contributed by atoms with Crippen molar-refractivity contribution in [3.8, 4) is 17.1 Å². The van der Waals surface area contributed by atoms with Gasteiger partial charge in [-0.05, 0) is 26.0 Å². The highest BCUT2D eigenvalue weighted by atomic mass is 16.5. The molecule has 1 unspecified atom stereocenters. The number of ether oxygens (including phenoxy) is 1. The van der Waals surface area contributed by atoms with E-state index in [2.05, 4.69) is 15.4 Å². The highest BCUT2D eigenvalue weighted by Gasteiger charge is 2.24. The number of nitrogens with zero attached hydrogens (tertiary/aromatic N) is 3. The lowest BCUT2D eigenvalue weighted by Crippen LogP contribution is -2.35. The van der Waals surface area contributed by atoms with Gasteiger partial charge >= 0.3 is 5.97 Å². The van der Waals surface area contributed by atoms with Crippen LogP contribution in [-0.4, -0.2) is 39.3 Å². The van der Waals surface area contributed by atoms with Gasteiger partial charge in [-0.1, -0.05) is 48.5 Å². The number of likely N-dealkylation sites (N-methyl/N-ethyl adjacent to an activating group) is 1. The number of para-hydroxylation sites is 1. The second-order valence-corrected chi connectivity index (χ2v) is 5.81. The molecule has 0 aliphatic rings. The largest absolute Gasteiger partial charge is 0.447 e. The van der Waals surface area contributed by atoms with Gasteiger partial charge in [-0.3, -0.25) is 4.79 Å². The highest BCUT2D eigenvalue weighted by molar-refractivity contribution is 5.89. The molecule has 1 heterocycles. The van der Waals surface area contributed by atoms with Crippen LogP contribution in [0.4, 0.5) is 0 Å². The number of esters is 1. The fourth-order valence-electron chi connectivity index (χ4n) is 2.51. The number of hydrogen-bond acceptors (Lipinski definition) is 5. The molecule has 3 rings (SSSR count). The molecular formula is C20H20N4O3. The number of hydrogen-bond donors (Lipinski definition) is 1. The average Bonchev–Trinajstić information content (AvgIpc) is 3.15. The molecule has 0 bridgehead atoms. The van der Waals surface area contributed by atoms with E-state index in [4.69, 9.17) is 4.74 Å². The number of amides is 1. The molecule has 1 aromatic heterocycles. The molecule has 0 aliphatic heterocycles. The third-order valence-corrected chi connectivity index (χ3v) is 3.83. The van der Waals surface area contributed by atoms with Crippen LogP contribution in [0.1, 0.15) is 24.5 Å². The maximum atomic E-state index is 12.5. The lowest BCUT2D eigenvalue weighted by molar-refractivity contribution is -0.129. The molecule has 3 aromatic rings. The number of carbonyl (C=O) groups excluding carboxylic acids is 2. The van der Waals surface area contributed by atoms with Crippen molar-refractivity contribution in [3.63, 3.8) is 0 Å². The van der Waals surface area contributed by atoms with E-state index in [-0.39, 0.29) is 11.7 Å². The molecule has 0 fully saturated rings. The smallest absolute Gasteiger partial charge is 0.379 e. The number of nitrogens with one attached hydrogen (secondary N) is 1. The molecule has 0 saturated carbocycles. The molecule has 0 radical (unpaired) electrons. The molecule has 0 aliphatic carbocycles. The third kappa shape index (κ3) is 4.20. The van der Waals surface area contributed by atoms with Crippen LogP contribution in [0.15, 0.2) is 60.7 Å². The average molecular weight is 364 g/mol. The zero-order valence-electron chi connectivity index (χ0n) is 15.1. The standard InChI is InChI=1S/C20H20N4O3/c1-3-21-19(25)14(2)27-20(26)17-22-18(15-10-6-4-7-11-15)24(23-17)16-12-8-5-9-13-16/h4-14H,3H2,1-2H3,(H,21,25). The van der Waals surface area contributed by atoms with E-state index >= 15 is 0 Å². The third-order valence-electron chi connectivity index (χ3n) is 3.83. The summed E-state index contributed by atoms with van der Waals surface area (Å²) in [5.74, 6) is -0.703. The van der Waals surface area contributed by atoms with Crippen molar-refractivity contribution in [2.45, 2.75) is 20.0 Å². The Morgan fingerprint density at radius 1 is 1.07 bits per heavy atom. The molecule has 0 saturated heterocycles. The van der Waals surface area contributed by atoms with Gasteiger partial charge in [0.15, 0.2) is 11.9 Å². The van der Waals surface area contributed by atoms with Crippen LogP contribution in [-0.2, 0) is 9.53 Å². The second-order valence-electron chi connectivity index (χ2n) is 5.81. The maximum Gasteiger partial charge on any atom is 0.379 e. The van der Waals surface area contributed by atoms with E-state index in [9.17, 15) is 9.59 Å². The van der Waals surface area contributed by atoms with E-state index in [1.165, 1.54) is 6.92 Å². The van der Waals surface area contributed by atoms with Gasteiger partial charge in [0, 0.05) is 12.1 Å². The van der Waals surface area contributed by atoms with E-state index in [0.717, 1.165) is 11.3 Å². The molecule has 138 valence electrons. The van der Waals surface area contributed by atoms with Crippen LogP contribution in [0.5, 0.6) is 0 Å². The van der Waals surface area contributed by atoms with Gasteiger partial charge in [0.05, 0.1) is 5.69 Å². The predicted octanol–water partition coefficient (Wildman–Crippen LogP) is 2.62. The summed E-state index contributed by atoms with van der Waals surface area (Å²) >= 11 is 0. The summed E-state index contributed by atoms with van der Waals surface area (Å²) in [7, 11) is 0. The molecule has 7 heteroatoms. The van der Waals surface area contributed by atoms with Crippen LogP contribution in [0, 0.1) is 0 Å². The lowest BCUT2D eigenvalue weighted by Gasteiger charge is -2.10. The van der Waals surface area contributed by atoms with Gasteiger partial charge in [0.2, 0.25) is 0 Å². The first-order chi connectivity index (χ1) is 13.1. The fourth-order valence-corrected chi connectivity index (χ4v) is 2.51. The fraction of sp³-hybridized carbons (Fsp3) is 0.200. The first-order valence-corrected chi connectivity index (χ1v) is 8.66. The summed E-state index contributed by atoms with van der Waals surface area (Å²) in [4.78, 5) is 28.6. The summed E-state index contributed by atoms with van der Waals surface area (Å²) in [5.41, 5.74) is 1.57. The van der Waals surface area contributed by atoms with E-state index < -0.39 is 12.1 Å². The number of aromatic nitrogens is 3. The summed E-state index contributed by atoms with van der Waals surface area (Å²) < 4.78 is 6.79. The first kappa shape index (κ1) is 18.3. The molecular weight excluding hydrogens is 344 g/mol. The Labute approximate surface area is 157 Å². The Morgan fingerprint density at radius 2 is 1.70 bits per heavy atom. The minimum atomic E-state index is -0.929.